The summed E-state index contributed by atoms with van der Waals surface area (Å²) in [5.74, 6) is 2.62. The zero-order chi connectivity index (χ0) is 10.1. The molecule has 0 spiro atoms. The molecule has 4 nitrogen and oxygen atoms in total. The minimum absolute atomic E-state index is 0.0474. The van der Waals surface area contributed by atoms with Gasteiger partial charge in [-0.1, -0.05) is 0 Å². The van der Waals surface area contributed by atoms with Crippen molar-refractivity contribution in [3.8, 4) is 0 Å². The van der Waals surface area contributed by atoms with Crippen LogP contribution < -0.4 is 4.74 Å². The van der Waals surface area contributed by atoms with Gasteiger partial charge in [-0.3, -0.25) is 9.69 Å². The van der Waals surface area contributed by atoms with E-state index in [0.29, 0.717) is 0 Å². The third-order valence-corrected chi connectivity index (χ3v) is 3.26. The molecule has 0 aliphatic carbocycles. The Morgan fingerprint density at radius 1 is 1.79 bits per heavy atom. The van der Waals surface area contributed by atoms with Gasteiger partial charge in [0, 0.05) is 18.6 Å². The second-order valence-corrected chi connectivity index (χ2v) is 4.35. The van der Waals surface area contributed by atoms with Crippen molar-refractivity contribution in [2.75, 3.05) is 11.6 Å². The van der Waals surface area contributed by atoms with Gasteiger partial charge in [-0.05, 0) is 0 Å². The van der Waals surface area contributed by atoms with Gasteiger partial charge in [0.05, 0.1) is 17.7 Å². The SMILES string of the molecule is CC(=O)N1CSCC1[n+]1ccc(C)o1. The molecule has 1 aliphatic rings. The molecule has 1 unspecified atom stereocenters. The summed E-state index contributed by atoms with van der Waals surface area (Å²) in [7, 11) is 0. The molecule has 0 bridgehead atoms. The number of amides is 1. The average molecular weight is 213 g/mol. The van der Waals surface area contributed by atoms with Crippen molar-refractivity contribution in [1.29, 1.82) is 0 Å². The Bertz CT molecular complexity index is 350. The summed E-state index contributed by atoms with van der Waals surface area (Å²) in [4.78, 5) is 13.1. The van der Waals surface area contributed by atoms with E-state index in [4.69, 9.17) is 4.52 Å². The highest BCUT2D eigenvalue weighted by Gasteiger charge is 2.36. The fraction of sp³-hybridized carbons (Fsp3) is 0.556. The molecular weight excluding hydrogens is 200 g/mol. The maximum atomic E-state index is 11.3. The van der Waals surface area contributed by atoms with Gasteiger partial charge in [0.1, 0.15) is 0 Å². The Kier molecular flexibility index (Phi) is 2.50. The Labute approximate surface area is 86.8 Å². The first-order valence-electron chi connectivity index (χ1n) is 4.51. The Hall–Kier alpha value is -0.970. The highest BCUT2D eigenvalue weighted by atomic mass is 32.2. The first-order chi connectivity index (χ1) is 6.68. The zero-order valence-corrected chi connectivity index (χ0v) is 9.08. The largest absolute Gasteiger partial charge is 0.289 e. The molecule has 0 N–H and O–H groups in total. The van der Waals surface area contributed by atoms with E-state index in [9.17, 15) is 4.79 Å². The van der Waals surface area contributed by atoms with Gasteiger partial charge in [-0.25, -0.2) is 4.52 Å². The van der Waals surface area contributed by atoms with Crippen LogP contribution in [-0.4, -0.2) is 22.4 Å². The van der Waals surface area contributed by atoms with Crippen LogP contribution in [0.3, 0.4) is 0 Å². The lowest BCUT2D eigenvalue weighted by Gasteiger charge is -2.13. The van der Waals surface area contributed by atoms with E-state index in [0.717, 1.165) is 17.4 Å². The summed E-state index contributed by atoms with van der Waals surface area (Å²) in [5, 5.41) is 0. The van der Waals surface area contributed by atoms with Gasteiger partial charge in [0.25, 0.3) is 6.17 Å². The van der Waals surface area contributed by atoms with E-state index in [1.165, 1.54) is 0 Å². The molecule has 2 rings (SSSR count). The van der Waals surface area contributed by atoms with Crippen LogP contribution in [0.1, 0.15) is 18.8 Å². The highest BCUT2D eigenvalue weighted by Crippen LogP contribution is 2.24. The molecular formula is C9H13N2O2S+. The number of thioether (sulfide) groups is 1. The van der Waals surface area contributed by atoms with E-state index in [1.54, 1.807) is 23.4 Å². The molecule has 2 heterocycles. The standard InChI is InChI=1S/C9H13N2O2S/c1-7-3-4-11(13-7)9-5-14-6-10(9)8(2)12/h3-4,9H,5-6H2,1-2H3/q+1. The third-order valence-electron chi connectivity index (χ3n) is 2.26. The Morgan fingerprint density at radius 2 is 2.57 bits per heavy atom. The van der Waals surface area contributed by atoms with Crippen molar-refractivity contribution in [2.24, 2.45) is 0 Å². The molecule has 1 aromatic rings. The van der Waals surface area contributed by atoms with Gasteiger partial charge < -0.3 is 0 Å². The minimum atomic E-state index is 0.0474. The molecule has 0 radical (unpaired) electrons. The maximum absolute atomic E-state index is 11.3. The van der Waals surface area contributed by atoms with E-state index >= 15 is 0 Å². The maximum Gasteiger partial charge on any atom is 0.289 e. The van der Waals surface area contributed by atoms with E-state index in [2.05, 4.69) is 0 Å². The number of aryl methyl sites for hydroxylation is 1. The summed E-state index contributed by atoms with van der Waals surface area (Å²) in [6, 6.07) is 1.90. The molecule has 0 saturated carbocycles. The van der Waals surface area contributed by atoms with Crippen molar-refractivity contribution in [3.63, 3.8) is 0 Å². The van der Waals surface area contributed by atoms with Gasteiger partial charge >= 0.3 is 0 Å². The Morgan fingerprint density at radius 3 is 3.14 bits per heavy atom. The van der Waals surface area contributed by atoms with Gasteiger partial charge in [0.2, 0.25) is 12.1 Å². The Balaban J connectivity index is 2.21. The van der Waals surface area contributed by atoms with Crippen LogP contribution in [0.2, 0.25) is 0 Å². The molecule has 1 aromatic heterocycles. The quantitative estimate of drug-likeness (QED) is 0.651. The first kappa shape index (κ1) is 9.58. The number of nitrogens with zero attached hydrogens (tertiary/aromatic N) is 2. The molecule has 76 valence electrons. The molecule has 1 saturated heterocycles. The van der Waals surface area contributed by atoms with Crippen LogP contribution in [0.5, 0.6) is 0 Å². The van der Waals surface area contributed by atoms with E-state index in [1.807, 2.05) is 24.1 Å². The van der Waals surface area contributed by atoms with E-state index < -0.39 is 0 Å². The van der Waals surface area contributed by atoms with Crippen LogP contribution in [0.15, 0.2) is 16.8 Å². The fourth-order valence-corrected chi connectivity index (χ4v) is 2.70. The number of carbonyl (C=O) groups excluding carboxylic acids is 1. The number of hydrogen-bond donors (Lipinski definition) is 0. The number of aromatic nitrogens is 1. The van der Waals surface area contributed by atoms with Crippen LogP contribution in [0.4, 0.5) is 0 Å². The normalized spacial score (nSPS) is 21.6. The topological polar surface area (TPSA) is 37.3 Å². The van der Waals surface area contributed by atoms with Crippen molar-refractivity contribution < 1.29 is 14.1 Å². The summed E-state index contributed by atoms with van der Waals surface area (Å²) in [6.07, 6.45) is 1.92. The predicted octanol–water partition coefficient (Wildman–Crippen LogP) is 0.927. The van der Waals surface area contributed by atoms with E-state index in [-0.39, 0.29) is 12.1 Å². The average Bonchev–Trinajstić information content (AvgIpc) is 2.70. The molecule has 0 aromatic carbocycles. The first-order valence-corrected chi connectivity index (χ1v) is 5.67. The van der Waals surface area contributed by atoms with Gasteiger partial charge in [-0.15, -0.1) is 11.8 Å². The van der Waals surface area contributed by atoms with Gasteiger partial charge in [0.15, 0.2) is 5.76 Å². The second-order valence-electron chi connectivity index (χ2n) is 3.35. The summed E-state index contributed by atoms with van der Waals surface area (Å²) in [5.41, 5.74) is 0. The van der Waals surface area contributed by atoms with Crippen molar-refractivity contribution in [1.82, 2.24) is 4.90 Å². The second kappa shape index (κ2) is 3.65. The summed E-state index contributed by atoms with van der Waals surface area (Å²) >= 11 is 1.75. The lowest BCUT2D eigenvalue weighted by atomic mass is 10.4. The minimum Gasteiger partial charge on any atom is -0.275 e. The number of carbonyl (C=O) groups is 1. The fourth-order valence-electron chi connectivity index (χ4n) is 1.51. The predicted molar refractivity (Wildman–Crippen MR) is 52.5 cm³/mol. The van der Waals surface area contributed by atoms with Crippen LogP contribution in [0, 0.1) is 6.92 Å². The monoisotopic (exact) mass is 213 g/mol. The molecule has 1 amide bonds. The number of hydrogen-bond acceptors (Lipinski definition) is 3. The number of rotatable bonds is 1. The van der Waals surface area contributed by atoms with Crippen LogP contribution in [0.25, 0.3) is 0 Å². The summed E-state index contributed by atoms with van der Waals surface area (Å²) in [6.45, 7) is 3.49. The molecule has 5 heteroatoms. The lowest BCUT2D eigenvalue weighted by Crippen LogP contribution is -2.47. The molecule has 1 aliphatic heterocycles. The molecule has 1 fully saturated rings. The van der Waals surface area contributed by atoms with Crippen molar-refractivity contribution in [3.05, 3.63) is 18.0 Å². The van der Waals surface area contributed by atoms with Crippen LogP contribution in [-0.2, 0) is 4.79 Å². The van der Waals surface area contributed by atoms with Crippen LogP contribution >= 0.6 is 11.8 Å². The highest BCUT2D eigenvalue weighted by molar-refractivity contribution is 7.99. The molecule has 14 heavy (non-hydrogen) atoms. The lowest BCUT2D eigenvalue weighted by molar-refractivity contribution is -0.890. The smallest absolute Gasteiger partial charge is 0.275 e. The molecule has 1 atom stereocenters. The third kappa shape index (κ3) is 1.64. The zero-order valence-electron chi connectivity index (χ0n) is 8.27. The van der Waals surface area contributed by atoms with Crippen molar-refractivity contribution >= 4 is 17.7 Å². The van der Waals surface area contributed by atoms with Gasteiger partial charge in [-0.2, -0.15) is 0 Å². The summed E-state index contributed by atoms with van der Waals surface area (Å²) < 4.78 is 7.20. The van der Waals surface area contributed by atoms with Crippen molar-refractivity contribution in [2.45, 2.75) is 20.0 Å².